The van der Waals surface area contributed by atoms with Gasteiger partial charge in [0.15, 0.2) is 0 Å². The fraction of sp³-hybridized carbons (Fsp3) is 0.364. The van der Waals surface area contributed by atoms with E-state index in [4.69, 9.17) is 4.74 Å². The van der Waals surface area contributed by atoms with E-state index in [2.05, 4.69) is 6.92 Å². The van der Waals surface area contributed by atoms with Crippen LogP contribution in [0.3, 0.4) is 0 Å². The first-order valence-electron chi connectivity index (χ1n) is 9.39. The maximum absolute atomic E-state index is 13.0. The Labute approximate surface area is 160 Å². The van der Waals surface area contributed by atoms with Crippen LogP contribution in [0.1, 0.15) is 35.7 Å². The van der Waals surface area contributed by atoms with Gasteiger partial charge in [-0.2, -0.15) is 0 Å². The standard InChI is InChI=1S/C22H26N2O3/c1-3-19-16-23(22(26)18-10-7-11-20(14-18)27-2)13-12-21(25)24(19)15-17-8-5-4-6-9-17/h4-11,14,19H,3,12-13,15-16H2,1-2H3. The lowest BCUT2D eigenvalue weighted by molar-refractivity contribution is -0.133. The highest BCUT2D eigenvalue weighted by molar-refractivity contribution is 5.95. The minimum atomic E-state index is -0.0540. The molecule has 0 saturated carbocycles. The summed E-state index contributed by atoms with van der Waals surface area (Å²) in [6, 6.07) is 17.2. The molecule has 5 nitrogen and oxygen atoms in total. The third-order valence-electron chi connectivity index (χ3n) is 5.06. The molecule has 0 aliphatic carbocycles. The lowest BCUT2D eigenvalue weighted by Gasteiger charge is -2.31. The summed E-state index contributed by atoms with van der Waals surface area (Å²) in [6.45, 7) is 3.64. The van der Waals surface area contributed by atoms with E-state index >= 15 is 0 Å². The number of nitrogens with zero attached hydrogens (tertiary/aromatic N) is 2. The third-order valence-corrected chi connectivity index (χ3v) is 5.06. The van der Waals surface area contributed by atoms with Gasteiger partial charge in [-0.3, -0.25) is 9.59 Å². The van der Waals surface area contributed by atoms with E-state index in [9.17, 15) is 9.59 Å². The van der Waals surface area contributed by atoms with E-state index in [1.165, 1.54) is 0 Å². The molecule has 3 rings (SSSR count). The van der Waals surface area contributed by atoms with Crippen LogP contribution in [0.4, 0.5) is 0 Å². The van der Waals surface area contributed by atoms with Crippen molar-refractivity contribution in [2.75, 3.05) is 20.2 Å². The maximum Gasteiger partial charge on any atom is 0.254 e. The van der Waals surface area contributed by atoms with E-state index < -0.39 is 0 Å². The smallest absolute Gasteiger partial charge is 0.254 e. The highest BCUT2D eigenvalue weighted by Gasteiger charge is 2.31. The Morgan fingerprint density at radius 1 is 1.15 bits per heavy atom. The molecule has 2 amide bonds. The molecule has 0 radical (unpaired) electrons. The number of carbonyl (C=O) groups is 2. The zero-order valence-corrected chi connectivity index (χ0v) is 15.9. The van der Waals surface area contributed by atoms with E-state index in [-0.39, 0.29) is 17.9 Å². The van der Waals surface area contributed by atoms with E-state index in [0.29, 0.717) is 37.4 Å². The first kappa shape index (κ1) is 19.0. The SMILES string of the molecule is CCC1CN(C(=O)c2cccc(OC)c2)CCC(=O)N1Cc1ccccc1. The van der Waals surface area contributed by atoms with Crippen molar-refractivity contribution in [1.82, 2.24) is 9.80 Å². The van der Waals surface area contributed by atoms with Crippen molar-refractivity contribution < 1.29 is 14.3 Å². The lowest BCUT2D eigenvalue weighted by Crippen LogP contribution is -2.43. The topological polar surface area (TPSA) is 49.9 Å². The minimum absolute atomic E-state index is 0.00904. The van der Waals surface area contributed by atoms with Gasteiger partial charge in [-0.15, -0.1) is 0 Å². The predicted octanol–water partition coefficient (Wildman–Crippen LogP) is 3.35. The number of amides is 2. The van der Waals surface area contributed by atoms with Crippen LogP contribution in [0, 0.1) is 0 Å². The molecule has 1 fully saturated rings. The molecule has 0 spiro atoms. The summed E-state index contributed by atoms with van der Waals surface area (Å²) in [5.41, 5.74) is 1.70. The Morgan fingerprint density at radius 2 is 1.93 bits per heavy atom. The molecule has 0 aromatic heterocycles. The lowest BCUT2D eigenvalue weighted by atomic mass is 10.1. The van der Waals surface area contributed by atoms with Crippen LogP contribution in [0.5, 0.6) is 5.75 Å². The molecule has 1 aliphatic heterocycles. The third kappa shape index (κ3) is 4.48. The summed E-state index contributed by atoms with van der Waals surface area (Å²) in [7, 11) is 1.59. The van der Waals surface area contributed by atoms with Gasteiger partial charge in [0.05, 0.1) is 7.11 Å². The Morgan fingerprint density at radius 3 is 2.63 bits per heavy atom. The van der Waals surface area contributed by atoms with Gasteiger partial charge in [0.1, 0.15) is 5.75 Å². The highest BCUT2D eigenvalue weighted by atomic mass is 16.5. The number of hydrogen-bond donors (Lipinski definition) is 0. The molecule has 1 aliphatic rings. The van der Waals surface area contributed by atoms with E-state index in [1.54, 1.807) is 24.1 Å². The molecule has 2 aromatic carbocycles. The van der Waals surface area contributed by atoms with Crippen molar-refractivity contribution in [1.29, 1.82) is 0 Å². The Kier molecular flexibility index (Phi) is 6.12. The predicted molar refractivity (Wildman–Crippen MR) is 105 cm³/mol. The summed E-state index contributed by atoms with van der Waals surface area (Å²) < 4.78 is 5.23. The average Bonchev–Trinajstić information content (AvgIpc) is 2.87. The Bertz CT molecular complexity index is 791. The first-order chi connectivity index (χ1) is 13.1. The van der Waals surface area contributed by atoms with Gasteiger partial charge in [0.25, 0.3) is 5.91 Å². The molecule has 0 N–H and O–H groups in total. The molecule has 1 atom stereocenters. The molecule has 1 saturated heterocycles. The van der Waals surface area contributed by atoms with Crippen LogP contribution in [0.25, 0.3) is 0 Å². The molecule has 5 heteroatoms. The van der Waals surface area contributed by atoms with Gasteiger partial charge in [0.2, 0.25) is 5.91 Å². The van der Waals surface area contributed by atoms with Gasteiger partial charge in [0, 0.05) is 37.7 Å². The molecular formula is C22H26N2O3. The number of benzene rings is 2. The molecule has 1 unspecified atom stereocenters. The Balaban J connectivity index is 1.78. The van der Waals surface area contributed by atoms with Gasteiger partial charge < -0.3 is 14.5 Å². The van der Waals surface area contributed by atoms with Crippen LogP contribution < -0.4 is 4.74 Å². The summed E-state index contributed by atoms with van der Waals surface area (Å²) in [4.78, 5) is 29.5. The maximum atomic E-state index is 13.0. The van der Waals surface area contributed by atoms with Crippen LogP contribution >= 0.6 is 0 Å². The number of rotatable bonds is 5. The van der Waals surface area contributed by atoms with Gasteiger partial charge >= 0.3 is 0 Å². The van der Waals surface area contributed by atoms with Crippen molar-refractivity contribution in [3.05, 3.63) is 65.7 Å². The molecule has 27 heavy (non-hydrogen) atoms. The molecule has 2 aromatic rings. The zero-order chi connectivity index (χ0) is 19.2. The first-order valence-corrected chi connectivity index (χ1v) is 9.39. The van der Waals surface area contributed by atoms with Gasteiger partial charge in [-0.05, 0) is 30.2 Å². The molecular weight excluding hydrogens is 340 g/mol. The van der Waals surface area contributed by atoms with Crippen molar-refractivity contribution in [3.8, 4) is 5.75 Å². The summed E-state index contributed by atoms with van der Waals surface area (Å²) in [5, 5.41) is 0. The normalized spacial score (nSPS) is 17.6. The van der Waals surface area contributed by atoms with Gasteiger partial charge in [-0.1, -0.05) is 43.3 Å². The number of methoxy groups -OCH3 is 1. The summed E-state index contributed by atoms with van der Waals surface area (Å²) >= 11 is 0. The van der Waals surface area contributed by atoms with Crippen LogP contribution in [0.2, 0.25) is 0 Å². The van der Waals surface area contributed by atoms with Crippen molar-refractivity contribution in [3.63, 3.8) is 0 Å². The quantitative estimate of drug-likeness (QED) is 0.815. The Hall–Kier alpha value is -2.82. The number of carbonyl (C=O) groups excluding carboxylic acids is 2. The monoisotopic (exact) mass is 366 g/mol. The van der Waals surface area contributed by atoms with Crippen LogP contribution in [0.15, 0.2) is 54.6 Å². The summed E-state index contributed by atoms with van der Waals surface area (Å²) in [6.07, 6.45) is 1.15. The minimum Gasteiger partial charge on any atom is -0.497 e. The number of ether oxygens (including phenoxy) is 1. The second-order valence-electron chi connectivity index (χ2n) is 6.80. The molecule has 1 heterocycles. The number of hydrogen-bond acceptors (Lipinski definition) is 3. The fourth-order valence-corrected chi connectivity index (χ4v) is 3.49. The fourth-order valence-electron chi connectivity index (χ4n) is 3.49. The van der Waals surface area contributed by atoms with Crippen molar-refractivity contribution in [2.45, 2.75) is 32.4 Å². The van der Waals surface area contributed by atoms with Crippen LogP contribution in [-0.4, -0.2) is 47.9 Å². The van der Waals surface area contributed by atoms with E-state index in [1.807, 2.05) is 47.4 Å². The largest absolute Gasteiger partial charge is 0.497 e. The second kappa shape index (κ2) is 8.71. The average molecular weight is 366 g/mol. The summed E-state index contributed by atoms with van der Waals surface area (Å²) in [5.74, 6) is 0.706. The second-order valence-corrected chi connectivity index (χ2v) is 6.80. The molecule has 0 bridgehead atoms. The van der Waals surface area contributed by atoms with Crippen molar-refractivity contribution >= 4 is 11.8 Å². The molecule has 142 valence electrons. The zero-order valence-electron chi connectivity index (χ0n) is 15.9. The van der Waals surface area contributed by atoms with Crippen molar-refractivity contribution in [2.24, 2.45) is 0 Å². The highest BCUT2D eigenvalue weighted by Crippen LogP contribution is 2.20. The van der Waals surface area contributed by atoms with Crippen LogP contribution in [-0.2, 0) is 11.3 Å². The van der Waals surface area contributed by atoms with E-state index in [0.717, 1.165) is 12.0 Å². The van der Waals surface area contributed by atoms with Gasteiger partial charge in [-0.25, -0.2) is 0 Å².